The SMILES string of the molecule is Cc1nc2ccc(Br)cn2c1C(=O)N/N=C/c1ccc(-c2cccc(Cl)c2)o1. The van der Waals surface area contributed by atoms with Gasteiger partial charge in [0.05, 0.1) is 11.9 Å². The van der Waals surface area contributed by atoms with Crippen LogP contribution in [0.4, 0.5) is 0 Å². The molecule has 3 aromatic heterocycles. The minimum atomic E-state index is -0.360. The van der Waals surface area contributed by atoms with Gasteiger partial charge in [0, 0.05) is 21.3 Å². The van der Waals surface area contributed by atoms with Crippen molar-refractivity contribution in [3.05, 3.63) is 81.4 Å². The van der Waals surface area contributed by atoms with E-state index < -0.39 is 0 Å². The lowest BCUT2D eigenvalue weighted by atomic mass is 10.2. The number of hydrazone groups is 1. The third-order valence-corrected chi connectivity index (χ3v) is 4.77. The van der Waals surface area contributed by atoms with E-state index in [2.05, 4.69) is 31.4 Å². The van der Waals surface area contributed by atoms with Crippen molar-refractivity contribution in [1.82, 2.24) is 14.8 Å². The van der Waals surface area contributed by atoms with Gasteiger partial charge in [0.15, 0.2) is 0 Å². The summed E-state index contributed by atoms with van der Waals surface area (Å²) >= 11 is 9.41. The van der Waals surface area contributed by atoms with Crippen molar-refractivity contribution in [1.29, 1.82) is 0 Å². The van der Waals surface area contributed by atoms with Gasteiger partial charge in [-0.1, -0.05) is 23.7 Å². The van der Waals surface area contributed by atoms with Crippen molar-refractivity contribution in [3.63, 3.8) is 0 Å². The van der Waals surface area contributed by atoms with Crippen molar-refractivity contribution < 1.29 is 9.21 Å². The van der Waals surface area contributed by atoms with E-state index >= 15 is 0 Å². The van der Waals surface area contributed by atoms with Crippen LogP contribution in [-0.2, 0) is 0 Å². The van der Waals surface area contributed by atoms with Gasteiger partial charge in [-0.3, -0.25) is 9.20 Å². The maximum Gasteiger partial charge on any atom is 0.290 e. The Bertz CT molecular complexity index is 1210. The molecular weight excluding hydrogens is 444 g/mol. The number of imidazole rings is 1. The maximum atomic E-state index is 12.6. The van der Waals surface area contributed by atoms with Gasteiger partial charge in [0.2, 0.25) is 0 Å². The summed E-state index contributed by atoms with van der Waals surface area (Å²) < 4.78 is 8.29. The minimum absolute atomic E-state index is 0.360. The summed E-state index contributed by atoms with van der Waals surface area (Å²) in [7, 11) is 0. The molecule has 3 heterocycles. The molecule has 0 atom stereocenters. The Morgan fingerprint density at radius 2 is 2.14 bits per heavy atom. The number of rotatable bonds is 4. The van der Waals surface area contributed by atoms with E-state index in [0.717, 1.165) is 10.0 Å². The number of nitrogens with zero attached hydrogens (tertiary/aromatic N) is 3. The number of fused-ring (bicyclic) bond motifs is 1. The fourth-order valence-electron chi connectivity index (χ4n) is 2.84. The van der Waals surface area contributed by atoms with Gasteiger partial charge < -0.3 is 4.42 Å². The Morgan fingerprint density at radius 3 is 2.96 bits per heavy atom. The summed E-state index contributed by atoms with van der Waals surface area (Å²) in [5.74, 6) is 0.812. The predicted molar refractivity (Wildman–Crippen MR) is 112 cm³/mol. The molecule has 0 fully saturated rings. The van der Waals surface area contributed by atoms with Gasteiger partial charge in [0.25, 0.3) is 5.91 Å². The summed E-state index contributed by atoms with van der Waals surface area (Å²) in [5.41, 5.74) is 5.11. The molecule has 1 aromatic carbocycles. The second-order valence-corrected chi connectivity index (χ2v) is 7.38. The van der Waals surface area contributed by atoms with Crippen molar-refractivity contribution in [3.8, 4) is 11.3 Å². The molecule has 140 valence electrons. The molecule has 1 amide bonds. The fraction of sp³-hybridized carbons (Fsp3) is 0.0500. The molecule has 0 aliphatic carbocycles. The highest BCUT2D eigenvalue weighted by molar-refractivity contribution is 9.10. The van der Waals surface area contributed by atoms with Crippen molar-refractivity contribution in [2.75, 3.05) is 0 Å². The van der Waals surface area contributed by atoms with E-state index in [9.17, 15) is 4.79 Å². The molecule has 0 saturated heterocycles. The van der Waals surface area contributed by atoms with Crippen LogP contribution >= 0.6 is 27.5 Å². The Labute approximate surface area is 174 Å². The number of aryl methyl sites for hydroxylation is 1. The number of halogens is 2. The second kappa shape index (κ2) is 7.61. The van der Waals surface area contributed by atoms with Gasteiger partial charge >= 0.3 is 0 Å². The molecule has 8 heteroatoms. The summed E-state index contributed by atoms with van der Waals surface area (Å²) in [6, 6.07) is 14.7. The Morgan fingerprint density at radius 1 is 1.29 bits per heavy atom. The van der Waals surface area contributed by atoms with Crippen LogP contribution in [-0.4, -0.2) is 21.5 Å². The highest BCUT2D eigenvalue weighted by Gasteiger charge is 2.16. The number of hydrogen-bond acceptors (Lipinski definition) is 4. The summed E-state index contributed by atoms with van der Waals surface area (Å²) in [4.78, 5) is 16.9. The number of hydrogen-bond donors (Lipinski definition) is 1. The Balaban J connectivity index is 1.51. The predicted octanol–water partition coefficient (Wildman–Crippen LogP) is 5.08. The van der Waals surface area contributed by atoms with Crippen LogP contribution in [0.1, 0.15) is 21.9 Å². The monoisotopic (exact) mass is 456 g/mol. The second-order valence-electron chi connectivity index (χ2n) is 6.03. The van der Waals surface area contributed by atoms with Crippen LogP contribution < -0.4 is 5.43 Å². The van der Waals surface area contributed by atoms with Gasteiger partial charge in [0.1, 0.15) is 22.9 Å². The molecule has 0 aliphatic rings. The molecule has 6 nitrogen and oxygen atoms in total. The number of carbonyl (C=O) groups is 1. The lowest BCUT2D eigenvalue weighted by Crippen LogP contribution is -2.20. The number of aromatic nitrogens is 2. The maximum absolute atomic E-state index is 12.6. The Hall–Kier alpha value is -2.90. The van der Waals surface area contributed by atoms with Crippen LogP contribution in [0.15, 0.2) is 68.7 Å². The van der Waals surface area contributed by atoms with Crippen molar-refractivity contribution in [2.45, 2.75) is 6.92 Å². The minimum Gasteiger partial charge on any atom is -0.455 e. The molecule has 0 aliphatic heterocycles. The van der Waals surface area contributed by atoms with Gasteiger partial charge in [-0.25, -0.2) is 10.4 Å². The average molecular weight is 458 g/mol. The fourth-order valence-corrected chi connectivity index (χ4v) is 3.36. The van der Waals surface area contributed by atoms with Gasteiger partial charge in [-0.2, -0.15) is 5.10 Å². The first-order chi connectivity index (χ1) is 13.5. The van der Waals surface area contributed by atoms with Gasteiger partial charge in [-0.05, 0) is 59.3 Å². The molecule has 28 heavy (non-hydrogen) atoms. The van der Waals surface area contributed by atoms with Crippen LogP contribution in [0.3, 0.4) is 0 Å². The van der Waals surface area contributed by atoms with Crippen LogP contribution in [0, 0.1) is 6.92 Å². The summed E-state index contributed by atoms with van der Waals surface area (Å²) in [6.45, 7) is 1.78. The first kappa shape index (κ1) is 18.5. The normalized spacial score (nSPS) is 11.4. The largest absolute Gasteiger partial charge is 0.455 e. The number of furan rings is 1. The van der Waals surface area contributed by atoms with E-state index in [0.29, 0.717) is 33.6 Å². The molecular formula is C20H14BrClN4O2. The highest BCUT2D eigenvalue weighted by Crippen LogP contribution is 2.24. The standard InChI is InChI=1S/C20H14BrClN4O2/c1-12-19(26-11-14(21)5-8-18(26)24-12)20(27)25-23-10-16-6-7-17(28-16)13-3-2-4-15(22)9-13/h2-11H,1H3,(H,25,27)/b23-10+. The smallest absolute Gasteiger partial charge is 0.290 e. The third kappa shape index (κ3) is 3.72. The van der Waals surface area contributed by atoms with Crippen LogP contribution in [0.25, 0.3) is 17.0 Å². The number of amides is 1. The van der Waals surface area contributed by atoms with E-state index in [-0.39, 0.29) is 5.91 Å². The molecule has 1 N–H and O–H groups in total. The van der Waals surface area contributed by atoms with Crippen molar-refractivity contribution >= 4 is 45.3 Å². The summed E-state index contributed by atoms with van der Waals surface area (Å²) in [5, 5.41) is 4.63. The number of benzene rings is 1. The topological polar surface area (TPSA) is 71.9 Å². The lowest BCUT2D eigenvalue weighted by molar-refractivity contribution is 0.0948. The van der Waals surface area contributed by atoms with Gasteiger partial charge in [-0.15, -0.1) is 0 Å². The van der Waals surface area contributed by atoms with Crippen LogP contribution in [0.2, 0.25) is 5.02 Å². The lowest BCUT2D eigenvalue weighted by Gasteiger charge is -2.02. The molecule has 0 saturated carbocycles. The van der Waals surface area contributed by atoms with E-state index in [1.165, 1.54) is 6.21 Å². The van der Waals surface area contributed by atoms with E-state index in [4.69, 9.17) is 16.0 Å². The zero-order valence-corrected chi connectivity index (χ0v) is 17.0. The number of carbonyl (C=O) groups excluding carboxylic acids is 1. The van der Waals surface area contributed by atoms with Crippen molar-refractivity contribution in [2.24, 2.45) is 5.10 Å². The third-order valence-electron chi connectivity index (χ3n) is 4.07. The Kier molecular flexibility index (Phi) is 5.02. The van der Waals surface area contributed by atoms with E-state index in [1.54, 1.807) is 29.7 Å². The molecule has 0 spiro atoms. The average Bonchev–Trinajstić information content (AvgIpc) is 3.25. The van der Waals surface area contributed by atoms with Crippen LogP contribution in [0.5, 0.6) is 0 Å². The highest BCUT2D eigenvalue weighted by atomic mass is 79.9. The zero-order chi connectivity index (χ0) is 19.7. The first-order valence-corrected chi connectivity index (χ1v) is 9.52. The summed E-state index contributed by atoms with van der Waals surface area (Å²) in [6.07, 6.45) is 3.23. The molecule has 0 radical (unpaired) electrons. The number of nitrogens with one attached hydrogen (secondary N) is 1. The molecule has 4 rings (SSSR count). The molecule has 4 aromatic rings. The number of pyridine rings is 1. The van der Waals surface area contributed by atoms with E-state index in [1.807, 2.05) is 36.4 Å². The molecule has 0 unspecified atom stereocenters. The quantitative estimate of drug-likeness (QED) is 0.343. The zero-order valence-electron chi connectivity index (χ0n) is 14.7. The first-order valence-electron chi connectivity index (χ1n) is 8.34. The molecule has 0 bridgehead atoms.